The molecule has 0 spiro atoms. The van der Waals surface area contributed by atoms with Gasteiger partial charge in [-0.1, -0.05) is 24.3 Å². The molecule has 0 fully saturated rings. The Morgan fingerprint density at radius 1 is 1.15 bits per heavy atom. The number of amides is 1. The second kappa shape index (κ2) is 6.90. The Labute approximate surface area is 149 Å². The van der Waals surface area contributed by atoms with Gasteiger partial charge in [-0.25, -0.2) is 0 Å². The Morgan fingerprint density at radius 2 is 1.81 bits per heavy atom. The molecule has 4 nitrogen and oxygen atoms in total. The van der Waals surface area contributed by atoms with E-state index in [0.29, 0.717) is 18.8 Å². The molecule has 0 saturated heterocycles. The van der Waals surface area contributed by atoms with Crippen LogP contribution >= 0.6 is 0 Å². The molecule has 2 aromatic carbocycles. The Morgan fingerprint density at radius 3 is 2.42 bits per heavy atom. The third kappa shape index (κ3) is 3.76. The van der Waals surface area contributed by atoms with E-state index in [9.17, 15) is 18.0 Å². The molecule has 7 heteroatoms. The van der Waals surface area contributed by atoms with Gasteiger partial charge in [-0.3, -0.25) is 4.79 Å². The monoisotopic (exact) mass is 364 g/mol. The van der Waals surface area contributed by atoms with Crippen LogP contribution in [0.15, 0.2) is 48.5 Å². The summed E-state index contributed by atoms with van der Waals surface area (Å²) in [4.78, 5) is 15.7. The van der Waals surface area contributed by atoms with Crippen LogP contribution in [-0.2, 0) is 17.5 Å². The highest BCUT2D eigenvalue weighted by Gasteiger charge is 2.32. The molecule has 0 N–H and O–H groups in total. The largest absolute Gasteiger partial charge is 0.477 e. The molecule has 1 aliphatic heterocycles. The van der Waals surface area contributed by atoms with Gasteiger partial charge in [-0.05, 0) is 29.8 Å². The van der Waals surface area contributed by atoms with Gasteiger partial charge in [0.2, 0.25) is 0 Å². The van der Waals surface area contributed by atoms with Gasteiger partial charge in [-0.15, -0.1) is 0 Å². The predicted molar refractivity (Wildman–Crippen MR) is 92.0 cm³/mol. The lowest BCUT2D eigenvalue weighted by atomic mass is 10.1. The molecule has 0 aliphatic carbocycles. The number of hydrogen-bond donors (Lipinski definition) is 0. The van der Waals surface area contributed by atoms with Gasteiger partial charge < -0.3 is 14.5 Å². The Kier molecular flexibility index (Phi) is 4.80. The van der Waals surface area contributed by atoms with Crippen molar-refractivity contribution in [1.29, 1.82) is 0 Å². The van der Waals surface area contributed by atoms with Crippen molar-refractivity contribution in [2.75, 3.05) is 25.5 Å². The minimum Gasteiger partial charge on any atom is -0.477 e. The summed E-state index contributed by atoms with van der Waals surface area (Å²) < 4.78 is 44.0. The number of halogens is 3. The standard InChI is InChI=1S/C19H19F3N2O2/c1-23(2)18(25)17-12-24(15-5-3-4-6-16(15)26-17)11-13-7-9-14(10-8-13)19(20,21)22/h3-10,17H,11-12H2,1-2H3/t17-/m0/s1. The van der Waals surface area contributed by atoms with Crippen LogP contribution in [-0.4, -0.2) is 37.6 Å². The number of para-hydroxylation sites is 2. The predicted octanol–water partition coefficient (Wildman–Crippen LogP) is 3.56. The maximum absolute atomic E-state index is 12.7. The van der Waals surface area contributed by atoms with Gasteiger partial charge in [0, 0.05) is 20.6 Å². The van der Waals surface area contributed by atoms with Crippen molar-refractivity contribution in [2.45, 2.75) is 18.8 Å². The van der Waals surface area contributed by atoms with Crippen LogP contribution in [0.25, 0.3) is 0 Å². The van der Waals surface area contributed by atoms with E-state index in [-0.39, 0.29) is 5.91 Å². The lowest BCUT2D eigenvalue weighted by Crippen LogP contribution is -2.48. The first-order valence-electron chi connectivity index (χ1n) is 8.13. The normalized spacial score (nSPS) is 16.7. The number of anilines is 1. The molecule has 2 aromatic rings. The van der Waals surface area contributed by atoms with Gasteiger partial charge in [0.25, 0.3) is 5.91 Å². The number of fused-ring (bicyclic) bond motifs is 1. The van der Waals surface area contributed by atoms with E-state index in [1.165, 1.54) is 17.0 Å². The van der Waals surface area contributed by atoms with Crippen molar-refractivity contribution in [1.82, 2.24) is 4.90 Å². The van der Waals surface area contributed by atoms with Gasteiger partial charge in [0.05, 0.1) is 17.8 Å². The molecular formula is C19H19F3N2O2. The average Bonchev–Trinajstić information content (AvgIpc) is 2.60. The van der Waals surface area contributed by atoms with E-state index in [0.717, 1.165) is 23.4 Å². The zero-order valence-electron chi connectivity index (χ0n) is 14.5. The van der Waals surface area contributed by atoms with Crippen molar-refractivity contribution < 1.29 is 22.7 Å². The highest BCUT2D eigenvalue weighted by Crippen LogP contribution is 2.35. The number of carbonyl (C=O) groups excluding carboxylic acids is 1. The molecule has 138 valence electrons. The van der Waals surface area contributed by atoms with Gasteiger partial charge in [0.15, 0.2) is 6.10 Å². The summed E-state index contributed by atoms with van der Waals surface area (Å²) in [6.07, 6.45) is -5.01. The second-order valence-electron chi connectivity index (χ2n) is 6.38. The fraction of sp³-hybridized carbons (Fsp3) is 0.316. The molecule has 1 heterocycles. The number of nitrogens with zero attached hydrogens (tertiary/aromatic N) is 2. The topological polar surface area (TPSA) is 32.8 Å². The fourth-order valence-corrected chi connectivity index (χ4v) is 2.89. The van der Waals surface area contributed by atoms with E-state index in [4.69, 9.17) is 4.74 Å². The summed E-state index contributed by atoms with van der Waals surface area (Å²) in [5.74, 6) is 0.433. The minimum absolute atomic E-state index is 0.156. The maximum atomic E-state index is 12.7. The van der Waals surface area contributed by atoms with Crippen LogP contribution in [0.1, 0.15) is 11.1 Å². The Hall–Kier alpha value is -2.70. The van der Waals surface area contributed by atoms with Crippen molar-refractivity contribution in [3.63, 3.8) is 0 Å². The third-order valence-corrected chi connectivity index (χ3v) is 4.23. The number of hydrogen-bond acceptors (Lipinski definition) is 3. The smallest absolute Gasteiger partial charge is 0.416 e. The van der Waals surface area contributed by atoms with E-state index >= 15 is 0 Å². The Balaban J connectivity index is 1.84. The number of likely N-dealkylation sites (N-methyl/N-ethyl adjacent to an activating group) is 1. The van der Waals surface area contributed by atoms with Gasteiger partial charge in [0.1, 0.15) is 5.75 Å². The molecule has 0 unspecified atom stereocenters. The summed E-state index contributed by atoms with van der Waals surface area (Å²) in [7, 11) is 3.32. The molecule has 0 saturated carbocycles. The molecule has 26 heavy (non-hydrogen) atoms. The second-order valence-corrected chi connectivity index (χ2v) is 6.38. The van der Waals surface area contributed by atoms with Crippen LogP contribution in [0.4, 0.5) is 18.9 Å². The van der Waals surface area contributed by atoms with Crippen molar-refractivity contribution >= 4 is 11.6 Å². The molecule has 0 radical (unpaired) electrons. The average molecular weight is 364 g/mol. The quantitative estimate of drug-likeness (QED) is 0.835. The molecule has 1 aliphatic rings. The SMILES string of the molecule is CN(C)C(=O)[C@@H]1CN(Cc2ccc(C(F)(F)F)cc2)c2ccccc2O1. The molecule has 0 aromatic heterocycles. The van der Waals surface area contributed by atoms with Gasteiger partial charge in [-0.2, -0.15) is 13.2 Å². The van der Waals surface area contributed by atoms with Crippen molar-refractivity contribution in [3.05, 3.63) is 59.7 Å². The van der Waals surface area contributed by atoms with E-state index in [1.807, 2.05) is 23.1 Å². The highest BCUT2D eigenvalue weighted by atomic mass is 19.4. The molecular weight excluding hydrogens is 345 g/mol. The number of rotatable bonds is 3. The summed E-state index contributed by atoms with van der Waals surface area (Å²) in [5, 5.41) is 0. The number of ether oxygens (including phenoxy) is 1. The first-order valence-corrected chi connectivity index (χ1v) is 8.13. The number of alkyl halides is 3. The first-order chi connectivity index (χ1) is 12.3. The van der Waals surface area contributed by atoms with Gasteiger partial charge >= 0.3 is 6.18 Å². The van der Waals surface area contributed by atoms with Crippen molar-refractivity contribution in [2.24, 2.45) is 0 Å². The fourth-order valence-electron chi connectivity index (χ4n) is 2.89. The van der Waals surface area contributed by atoms with Crippen molar-refractivity contribution in [3.8, 4) is 5.75 Å². The van der Waals surface area contributed by atoms with Crippen LogP contribution in [0.3, 0.4) is 0 Å². The molecule has 1 amide bonds. The van der Waals surface area contributed by atoms with E-state index < -0.39 is 17.8 Å². The minimum atomic E-state index is -4.35. The van der Waals surface area contributed by atoms with Crippen LogP contribution in [0.2, 0.25) is 0 Å². The maximum Gasteiger partial charge on any atom is 0.416 e. The molecule has 3 rings (SSSR count). The van der Waals surface area contributed by atoms with E-state index in [2.05, 4.69) is 0 Å². The van der Waals surface area contributed by atoms with Crippen LogP contribution in [0.5, 0.6) is 5.75 Å². The van der Waals surface area contributed by atoms with Crippen LogP contribution in [0, 0.1) is 0 Å². The lowest BCUT2D eigenvalue weighted by molar-refractivity contribution is -0.137. The summed E-state index contributed by atoms with van der Waals surface area (Å²) in [5.41, 5.74) is 0.866. The lowest BCUT2D eigenvalue weighted by Gasteiger charge is -2.36. The zero-order valence-corrected chi connectivity index (χ0v) is 14.5. The molecule has 1 atom stereocenters. The highest BCUT2D eigenvalue weighted by molar-refractivity contribution is 5.83. The summed E-state index contributed by atoms with van der Waals surface area (Å²) in [6.45, 7) is 0.713. The van der Waals surface area contributed by atoms with E-state index in [1.54, 1.807) is 20.2 Å². The third-order valence-electron chi connectivity index (χ3n) is 4.23. The molecule has 0 bridgehead atoms. The first kappa shape index (κ1) is 18.1. The van der Waals surface area contributed by atoms with Crippen LogP contribution < -0.4 is 9.64 Å². The Bertz CT molecular complexity index is 788. The number of benzene rings is 2. The zero-order chi connectivity index (χ0) is 18.9. The number of carbonyl (C=O) groups is 1. The summed E-state index contributed by atoms with van der Waals surface area (Å²) in [6, 6.07) is 12.4. The summed E-state index contributed by atoms with van der Waals surface area (Å²) >= 11 is 0.